The number of nitrogens with one attached hydrogen (secondary N) is 2. The van der Waals surface area contributed by atoms with Gasteiger partial charge in [-0.1, -0.05) is 41.4 Å². The molecule has 27 heavy (non-hydrogen) atoms. The van der Waals surface area contributed by atoms with Gasteiger partial charge in [0.2, 0.25) is 11.8 Å². The third-order valence-electron chi connectivity index (χ3n) is 3.62. The van der Waals surface area contributed by atoms with Gasteiger partial charge in [-0.15, -0.1) is 11.3 Å². The van der Waals surface area contributed by atoms with Gasteiger partial charge in [0.1, 0.15) is 0 Å². The lowest BCUT2D eigenvalue weighted by molar-refractivity contribution is -0.116. The zero-order valence-electron chi connectivity index (χ0n) is 14.3. The highest BCUT2D eigenvalue weighted by Gasteiger charge is 2.11. The first-order chi connectivity index (χ1) is 12.9. The van der Waals surface area contributed by atoms with E-state index in [0.29, 0.717) is 20.7 Å². The minimum absolute atomic E-state index is 0.123. The Kier molecular flexibility index (Phi) is 6.11. The van der Waals surface area contributed by atoms with Crippen molar-refractivity contribution >= 4 is 57.2 Å². The van der Waals surface area contributed by atoms with Crippen LogP contribution in [0, 0.1) is 0 Å². The van der Waals surface area contributed by atoms with Gasteiger partial charge >= 0.3 is 0 Å². The van der Waals surface area contributed by atoms with Crippen LogP contribution in [0.5, 0.6) is 0 Å². The van der Waals surface area contributed by atoms with Crippen LogP contribution in [-0.2, 0) is 16.0 Å². The number of thiazole rings is 1. The van der Waals surface area contributed by atoms with E-state index in [1.807, 2.05) is 17.5 Å². The molecule has 0 aliphatic rings. The second-order valence-electron chi connectivity index (χ2n) is 5.76. The molecule has 0 unspecified atom stereocenters. The van der Waals surface area contributed by atoms with Crippen LogP contribution < -0.4 is 10.6 Å². The summed E-state index contributed by atoms with van der Waals surface area (Å²) < 4.78 is 0. The molecule has 0 atom stereocenters. The molecule has 0 spiro atoms. The average molecular weight is 420 g/mol. The fourth-order valence-corrected chi connectivity index (χ4v) is 3.60. The molecule has 1 aromatic heterocycles. The summed E-state index contributed by atoms with van der Waals surface area (Å²) in [5.41, 5.74) is 3.05. The number of amides is 2. The summed E-state index contributed by atoms with van der Waals surface area (Å²) in [6.07, 6.45) is 0.135. The van der Waals surface area contributed by atoms with Crippen LogP contribution in [0.1, 0.15) is 12.5 Å². The molecule has 138 valence electrons. The highest BCUT2D eigenvalue weighted by Crippen LogP contribution is 2.27. The molecule has 2 aromatic carbocycles. The van der Waals surface area contributed by atoms with Crippen LogP contribution in [0.15, 0.2) is 47.8 Å². The fourth-order valence-electron chi connectivity index (χ4n) is 2.39. The Morgan fingerprint density at radius 2 is 1.81 bits per heavy atom. The maximum atomic E-state index is 12.2. The molecule has 0 saturated carbocycles. The van der Waals surface area contributed by atoms with Gasteiger partial charge in [-0.2, -0.15) is 0 Å². The van der Waals surface area contributed by atoms with Crippen molar-refractivity contribution in [3.05, 3.63) is 63.5 Å². The second kappa shape index (κ2) is 8.52. The lowest BCUT2D eigenvalue weighted by atomic mass is 10.1. The van der Waals surface area contributed by atoms with Crippen molar-refractivity contribution in [2.24, 2.45) is 0 Å². The van der Waals surface area contributed by atoms with Gasteiger partial charge in [-0.05, 0) is 29.8 Å². The standard InChI is InChI=1S/C19H15Cl2N3O2S/c1-11(25)22-15-6-3-12(4-7-15)17-10-27-19(23-17)24-18(26)8-13-2-5-14(20)9-16(13)21/h2-7,9-10H,8H2,1H3,(H,22,25)(H,23,24,26). The SMILES string of the molecule is CC(=O)Nc1ccc(-c2csc(NC(=O)Cc3ccc(Cl)cc3Cl)n2)cc1. The van der Waals surface area contributed by atoms with Gasteiger partial charge in [0, 0.05) is 33.6 Å². The van der Waals surface area contributed by atoms with Crippen molar-refractivity contribution in [3.8, 4) is 11.3 Å². The number of hydrogen-bond donors (Lipinski definition) is 2. The number of rotatable bonds is 5. The van der Waals surface area contributed by atoms with Gasteiger partial charge in [-0.25, -0.2) is 4.98 Å². The summed E-state index contributed by atoms with van der Waals surface area (Å²) >= 11 is 13.3. The zero-order chi connectivity index (χ0) is 19.4. The molecule has 0 saturated heterocycles. The third kappa shape index (κ3) is 5.29. The molecule has 0 aliphatic heterocycles. The molecule has 3 aromatic rings. The van der Waals surface area contributed by atoms with E-state index < -0.39 is 0 Å². The van der Waals surface area contributed by atoms with Crippen molar-refractivity contribution in [1.29, 1.82) is 0 Å². The van der Waals surface area contributed by atoms with Crippen LogP contribution in [0.3, 0.4) is 0 Å². The van der Waals surface area contributed by atoms with E-state index in [9.17, 15) is 9.59 Å². The van der Waals surface area contributed by atoms with Crippen LogP contribution >= 0.6 is 34.5 Å². The predicted molar refractivity (Wildman–Crippen MR) is 111 cm³/mol. The number of carbonyl (C=O) groups excluding carboxylic acids is 2. The predicted octanol–water partition coefficient (Wildman–Crippen LogP) is 5.26. The van der Waals surface area contributed by atoms with Crippen molar-refractivity contribution in [1.82, 2.24) is 4.98 Å². The molecule has 5 nitrogen and oxygen atoms in total. The molecule has 0 radical (unpaired) electrons. The number of hydrogen-bond acceptors (Lipinski definition) is 4. The van der Waals surface area contributed by atoms with E-state index in [0.717, 1.165) is 16.9 Å². The van der Waals surface area contributed by atoms with Crippen molar-refractivity contribution in [3.63, 3.8) is 0 Å². The molecule has 2 N–H and O–H groups in total. The molecule has 8 heteroatoms. The summed E-state index contributed by atoms with van der Waals surface area (Å²) in [6.45, 7) is 1.46. The number of carbonyl (C=O) groups is 2. The summed E-state index contributed by atoms with van der Waals surface area (Å²) in [5.74, 6) is -0.330. The maximum absolute atomic E-state index is 12.2. The fraction of sp³-hybridized carbons (Fsp3) is 0.105. The van der Waals surface area contributed by atoms with Gasteiger partial charge in [0.25, 0.3) is 0 Å². The van der Waals surface area contributed by atoms with E-state index in [4.69, 9.17) is 23.2 Å². The lowest BCUT2D eigenvalue weighted by Gasteiger charge is -2.05. The second-order valence-corrected chi connectivity index (χ2v) is 7.46. The topological polar surface area (TPSA) is 71.1 Å². The van der Waals surface area contributed by atoms with Gasteiger partial charge < -0.3 is 10.6 Å². The third-order valence-corrected chi connectivity index (χ3v) is 4.96. The van der Waals surface area contributed by atoms with Crippen molar-refractivity contribution in [2.45, 2.75) is 13.3 Å². The minimum Gasteiger partial charge on any atom is -0.326 e. The number of benzene rings is 2. The maximum Gasteiger partial charge on any atom is 0.230 e. The lowest BCUT2D eigenvalue weighted by Crippen LogP contribution is -2.14. The van der Waals surface area contributed by atoms with E-state index in [-0.39, 0.29) is 18.2 Å². The number of aromatic nitrogens is 1. The average Bonchev–Trinajstić information content (AvgIpc) is 3.06. The zero-order valence-corrected chi connectivity index (χ0v) is 16.6. The van der Waals surface area contributed by atoms with Gasteiger partial charge in [0.05, 0.1) is 12.1 Å². The largest absolute Gasteiger partial charge is 0.326 e. The highest BCUT2D eigenvalue weighted by atomic mass is 35.5. The summed E-state index contributed by atoms with van der Waals surface area (Å²) in [7, 11) is 0. The molecule has 0 aliphatic carbocycles. The summed E-state index contributed by atoms with van der Waals surface area (Å²) in [5, 5.41) is 8.84. The van der Waals surface area contributed by atoms with E-state index in [1.165, 1.54) is 18.3 Å². The number of nitrogens with zero attached hydrogens (tertiary/aromatic N) is 1. The van der Waals surface area contributed by atoms with Crippen LogP contribution in [0.2, 0.25) is 10.0 Å². The first-order valence-electron chi connectivity index (χ1n) is 7.98. The van der Waals surface area contributed by atoms with Gasteiger partial charge in [0.15, 0.2) is 5.13 Å². The van der Waals surface area contributed by atoms with Crippen LogP contribution in [-0.4, -0.2) is 16.8 Å². The monoisotopic (exact) mass is 419 g/mol. The Bertz CT molecular complexity index is 987. The summed E-state index contributed by atoms with van der Waals surface area (Å²) in [4.78, 5) is 27.7. The molecule has 3 rings (SSSR count). The summed E-state index contributed by atoms with van der Waals surface area (Å²) in [6, 6.07) is 12.4. The first kappa shape index (κ1) is 19.4. The van der Waals surface area contributed by atoms with Crippen LogP contribution in [0.25, 0.3) is 11.3 Å². The highest BCUT2D eigenvalue weighted by molar-refractivity contribution is 7.14. The quantitative estimate of drug-likeness (QED) is 0.592. The first-order valence-corrected chi connectivity index (χ1v) is 9.61. The molecular formula is C19H15Cl2N3O2S. The molecule has 1 heterocycles. The number of anilines is 2. The van der Waals surface area contributed by atoms with E-state index in [1.54, 1.807) is 30.3 Å². The minimum atomic E-state index is -0.207. The van der Waals surface area contributed by atoms with E-state index >= 15 is 0 Å². The smallest absolute Gasteiger partial charge is 0.230 e. The molecular weight excluding hydrogens is 405 g/mol. The van der Waals surface area contributed by atoms with Crippen LogP contribution in [0.4, 0.5) is 10.8 Å². The number of halogens is 2. The Hall–Kier alpha value is -2.41. The Morgan fingerprint density at radius 1 is 1.07 bits per heavy atom. The normalized spacial score (nSPS) is 10.5. The van der Waals surface area contributed by atoms with Gasteiger partial charge in [-0.3, -0.25) is 9.59 Å². The molecule has 0 fully saturated rings. The Labute approximate surface area is 170 Å². The van der Waals surface area contributed by atoms with E-state index in [2.05, 4.69) is 15.6 Å². The van der Waals surface area contributed by atoms with Crippen molar-refractivity contribution in [2.75, 3.05) is 10.6 Å². The molecule has 2 amide bonds. The Morgan fingerprint density at radius 3 is 2.48 bits per heavy atom. The Balaban J connectivity index is 1.65. The molecule has 0 bridgehead atoms. The van der Waals surface area contributed by atoms with Crippen molar-refractivity contribution < 1.29 is 9.59 Å².